The molecule has 142 valence electrons. The summed E-state index contributed by atoms with van der Waals surface area (Å²) in [5, 5.41) is 16.0. The molecule has 0 atom stereocenters. The van der Waals surface area contributed by atoms with Crippen LogP contribution in [0.1, 0.15) is 29.4 Å². The second kappa shape index (κ2) is 8.33. The minimum Gasteiger partial charge on any atom is -0.357 e. The maximum absolute atomic E-state index is 11.3. The fourth-order valence-corrected chi connectivity index (χ4v) is 3.06. The summed E-state index contributed by atoms with van der Waals surface area (Å²) in [7, 11) is -1.75. The predicted molar refractivity (Wildman–Crippen MR) is 102 cm³/mol. The Hall–Kier alpha value is -2.39. The van der Waals surface area contributed by atoms with Crippen LogP contribution < -0.4 is 15.8 Å². The van der Waals surface area contributed by atoms with Crippen molar-refractivity contribution >= 4 is 16.0 Å². The van der Waals surface area contributed by atoms with Crippen LogP contribution in [0.2, 0.25) is 0 Å². The van der Waals surface area contributed by atoms with E-state index < -0.39 is 10.0 Å². The summed E-state index contributed by atoms with van der Waals surface area (Å²) < 4.78 is 24.5. The predicted octanol–water partition coefficient (Wildman–Crippen LogP) is 0.940. The topological polar surface area (TPSA) is 114 Å². The summed E-state index contributed by atoms with van der Waals surface area (Å²) in [6.07, 6.45) is 0. The molecule has 2 aromatic rings. The number of aliphatic imine (C=N–C) groups is 1. The van der Waals surface area contributed by atoms with E-state index in [1.54, 1.807) is 12.1 Å². The summed E-state index contributed by atoms with van der Waals surface area (Å²) in [5.41, 5.74) is 4.15. The first-order chi connectivity index (χ1) is 12.2. The summed E-state index contributed by atoms with van der Waals surface area (Å²) in [6, 6.07) is 6.40. The van der Waals surface area contributed by atoms with Crippen LogP contribution in [0.15, 0.2) is 34.2 Å². The van der Waals surface area contributed by atoms with Crippen molar-refractivity contribution in [2.24, 2.45) is 17.2 Å². The number of benzene rings is 1. The van der Waals surface area contributed by atoms with Gasteiger partial charge in [-0.2, -0.15) is 5.10 Å². The quantitative estimate of drug-likeness (QED) is 0.511. The van der Waals surface area contributed by atoms with Gasteiger partial charge in [0, 0.05) is 31.4 Å². The molecule has 1 aromatic carbocycles. The normalized spacial score (nSPS) is 12.3. The number of hydrogen-bond donors (Lipinski definition) is 3. The smallest absolute Gasteiger partial charge is 0.238 e. The number of guanidine groups is 1. The van der Waals surface area contributed by atoms with Crippen molar-refractivity contribution in [2.75, 3.05) is 6.54 Å². The van der Waals surface area contributed by atoms with Crippen molar-refractivity contribution in [3.05, 3.63) is 46.8 Å². The summed E-state index contributed by atoms with van der Waals surface area (Å²) in [5.74, 6) is 0.686. The maximum atomic E-state index is 11.3. The van der Waals surface area contributed by atoms with Crippen molar-refractivity contribution < 1.29 is 8.42 Å². The molecule has 0 fully saturated rings. The van der Waals surface area contributed by atoms with E-state index in [1.807, 2.05) is 32.5 Å². The van der Waals surface area contributed by atoms with Crippen molar-refractivity contribution in [1.29, 1.82) is 0 Å². The molecule has 0 bridgehead atoms. The van der Waals surface area contributed by atoms with Gasteiger partial charge in [0.25, 0.3) is 0 Å². The molecular formula is C17H26N6O2S. The summed E-state index contributed by atoms with van der Waals surface area (Å²) >= 11 is 0. The van der Waals surface area contributed by atoms with E-state index in [2.05, 4.69) is 20.7 Å². The Kier molecular flexibility index (Phi) is 6.38. The van der Waals surface area contributed by atoms with E-state index in [1.165, 1.54) is 12.1 Å². The Bertz CT molecular complexity index is 885. The molecule has 0 amide bonds. The molecule has 8 nitrogen and oxygen atoms in total. The van der Waals surface area contributed by atoms with Crippen LogP contribution in [0.5, 0.6) is 0 Å². The molecule has 0 aliphatic carbocycles. The molecule has 1 heterocycles. The van der Waals surface area contributed by atoms with Crippen molar-refractivity contribution in [2.45, 2.75) is 38.8 Å². The Labute approximate surface area is 154 Å². The van der Waals surface area contributed by atoms with E-state index in [9.17, 15) is 8.42 Å². The molecule has 0 saturated heterocycles. The number of aromatic nitrogens is 2. The van der Waals surface area contributed by atoms with Gasteiger partial charge in [-0.1, -0.05) is 12.1 Å². The molecule has 26 heavy (non-hydrogen) atoms. The average Bonchev–Trinajstić information content (AvgIpc) is 2.82. The van der Waals surface area contributed by atoms with Gasteiger partial charge < -0.3 is 10.6 Å². The Morgan fingerprint density at radius 2 is 1.88 bits per heavy atom. The van der Waals surface area contributed by atoms with E-state index in [0.29, 0.717) is 19.0 Å². The summed E-state index contributed by atoms with van der Waals surface area (Å²) in [4.78, 5) is 4.64. The average molecular weight is 379 g/mol. The molecule has 0 spiro atoms. The lowest BCUT2D eigenvalue weighted by atomic mass is 10.2. The first-order valence-electron chi connectivity index (χ1n) is 8.35. The highest BCUT2D eigenvalue weighted by Gasteiger charge is 2.10. The van der Waals surface area contributed by atoms with Crippen LogP contribution >= 0.6 is 0 Å². The van der Waals surface area contributed by atoms with Gasteiger partial charge in [0.1, 0.15) is 0 Å². The first-order valence-corrected chi connectivity index (χ1v) is 9.90. The van der Waals surface area contributed by atoms with Crippen LogP contribution in [0.3, 0.4) is 0 Å². The lowest BCUT2D eigenvalue weighted by Gasteiger charge is -2.12. The van der Waals surface area contributed by atoms with Gasteiger partial charge in [0.15, 0.2) is 5.96 Å². The fraction of sp³-hybridized carbons (Fsp3) is 0.412. The Morgan fingerprint density at radius 3 is 2.38 bits per heavy atom. The van der Waals surface area contributed by atoms with Gasteiger partial charge in [-0.25, -0.2) is 18.5 Å². The molecule has 2 rings (SSSR count). The number of hydrogen-bond acceptors (Lipinski definition) is 4. The van der Waals surface area contributed by atoms with Crippen LogP contribution in [0.4, 0.5) is 0 Å². The van der Waals surface area contributed by atoms with E-state index in [4.69, 9.17) is 5.14 Å². The monoisotopic (exact) mass is 378 g/mol. The van der Waals surface area contributed by atoms with Crippen LogP contribution in [-0.4, -0.2) is 30.7 Å². The molecule has 0 aliphatic heterocycles. The first kappa shape index (κ1) is 19.9. The van der Waals surface area contributed by atoms with Gasteiger partial charge in [-0.05, 0) is 38.5 Å². The van der Waals surface area contributed by atoms with Crippen molar-refractivity contribution in [3.63, 3.8) is 0 Å². The maximum Gasteiger partial charge on any atom is 0.238 e. The van der Waals surface area contributed by atoms with Crippen LogP contribution in [0, 0.1) is 13.8 Å². The van der Waals surface area contributed by atoms with Gasteiger partial charge in [0.05, 0.1) is 17.1 Å². The van der Waals surface area contributed by atoms with Gasteiger partial charge in [-0.15, -0.1) is 0 Å². The van der Waals surface area contributed by atoms with E-state index in [-0.39, 0.29) is 4.90 Å². The number of aryl methyl sites for hydroxylation is 2. The van der Waals surface area contributed by atoms with Gasteiger partial charge in [0.2, 0.25) is 10.0 Å². The van der Waals surface area contributed by atoms with Crippen molar-refractivity contribution in [1.82, 2.24) is 20.4 Å². The van der Waals surface area contributed by atoms with Crippen molar-refractivity contribution in [3.8, 4) is 0 Å². The third-order valence-electron chi connectivity index (χ3n) is 4.11. The SMILES string of the molecule is CCNC(=NCc1ccc(S(N)(=O)=O)cc1)NCc1c(C)nn(C)c1C. The molecule has 0 aliphatic rings. The lowest BCUT2D eigenvalue weighted by molar-refractivity contribution is 0.598. The van der Waals surface area contributed by atoms with Gasteiger partial charge in [-0.3, -0.25) is 4.68 Å². The number of nitrogens with two attached hydrogens (primary N) is 1. The second-order valence-electron chi connectivity index (χ2n) is 6.01. The molecular weight excluding hydrogens is 352 g/mol. The number of sulfonamides is 1. The number of nitrogens with one attached hydrogen (secondary N) is 2. The largest absolute Gasteiger partial charge is 0.357 e. The number of primary sulfonamides is 1. The highest BCUT2D eigenvalue weighted by molar-refractivity contribution is 7.89. The minimum atomic E-state index is -3.67. The minimum absolute atomic E-state index is 0.0952. The van der Waals surface area contributed by atoms with E-state index >= 15 is 0 Å². The van der Waals surface area contributed by atoms with Crippen LogP contribution in [0.25, 0.3) is 0 Å². The zero-order valence-electron chi connectivity index (χ0n) is 15.6. The summed E-state index contributed by atoms with van der Waals surface area (Å²) in [6.45, 7) is 7.81. The van der Waals surface area contributed by atoms with E-state index in [0.717, 1.165) is 29.1 Å². The zero-order chi connectivity index (χ0) is 19.3. The molecule has 0 unspecified atom stereocenters. The molecule has 4 N–H and O–H groups in total. The Morgan fingerprint density at radius 1 is 1.23 bits per heavy atom. The zero-order valence-corrected chi connectivity index (χ0v) is 16.4. The van der Waals surface area contributed by atoms with Gasteiger partial charge >= 0.3 is 0 Å². The third kappa shape index (κ3) is 5.06. The Balaban J connectivity index is 2.06. The second-order valence-corrected chi connectivity index (χ2v) is 7.57. The molecule has 0 radical (unpaired) electrons. The molecule has 1 aromatic heterocycles. The number of nitrogens with zero attached hydrogens (tertiary/aromatic N) is 3. The lowest BCUT2D eigenvalue weighted by Crippen LogP contribution is -2.37. The standard InChI is InChI=1S/C17H26N6O2S/c1-5-19-17(21-11-16-12(2)22-23(4)13(16)3)20-10-14-6-8-15(9-7-14)26(18,24)25/h6-9H,5,10-11H2,1-4H3,(H2,18,24,25)(H2,19,20,21). The highest BCUT2D eigenvalue weighted by Crippen LogP contribution is 2.12. The molecule has 0 saturated carbocycles. The molecule has 9 heteroatoms. The number of rotatable bonds is 6. The highest BCUT2D eigenvalue weighted by atomic mass is 32.2. The third-order valence-corrected chi connectivity index (χ3v) is 5.04. The fourth-order valence-electron chi connectivity index (χ4n) is 2.54. The van der Waals surface area contributed by atoms with Crippen LogP contribution in [-0.2, 0) is 30.2 Å².